The summed E-state index contributed by atoms with van der Waals surface area (Å²) in [4.78, 5) is 13.0. The zero-order chi connectivity index (χ0) is 18.3. The molecule has 4 nitrogen and oxygen atoms in total. The minimum atomic E-state index is -0.370. The number of nitrogens with one attached hydrogen (secondary N) is 1. The number of amides is 1. The van der Waals surface area contributed by atoms with Crippen molar-refractivity contribution in [3.8, 4) is 5.75 Å². The van der Waals surface area contributed by atoms with Gasteiger partial charge in [-0.05, 0) is 22.6 Å². The van der Waals surface area contributed by atoms with Crippen molar-refractivity contribution in [1.82, 2.24) is 5.32 Å². The van der Waals surface area contributed by atoms with Crippen molar-refractivity contribution in [1.29, 1.82) is 0 Å². The highest BCUT2D eigenvalue weighted by molar-refractivity contribution is 5.85. The summed E-state index contributed by atoms with van der Waals surface area (Å²) in [5.74, 6) is 1.07. The third-order valence-corrected chi connectivity index (χ3v) is 5.92. The third kappa shape index (κ3) is 2.78. The van der Waals surface area contributed by atoms with Crippen LogP contribution in [0.1, 0.15) is 42.5 Å². The first-order valence-electron chi connectivity index (χ1n) is 9.25. The Hall–Kier alpha value is -2.33. The second kappa shape index (κ2) is 6.44. The molecule has 0 spiro atoms. The van der Waals surface area contributed by atoms with E-state index in [1.807, 2.05) is 42.5 Å². The van der Waals surface area contributed by atoms with Crippen LogP contribution in [0.3, 0.4) is 0 Å². The van der Waals surface area contributed by atoms with Gasteiger partial charge in [0.1, 0.15) is 5.75 Å². The number of ether oxygens (including phenoxy) is 1. The molecule has 0 bridgehead atoms. The van der Waals surface area contributed by atoms with Crippen LogP contribution in [0.15, 0.2) is 48.5 Å². The molecule has 4 heteroatoms. The zero-order valence-electron chi connectivity index (χ0n) is 15.2. The molecule has 2 aliphatic rings. The van der Waals surface area contributed by atoms with E-state index in [4.69, 9.17) is 4.74 Å². The Morgan fingerprint density at radius 2 is 2.00 bits per heavy atom. The Labute approximate surface area is 154 Å². The summed E-state index contributed by atoms with van der Waals surface area (Å²) in [6, 6.07) is 15.4. The highest BCUT2D eigenvalue weighted by Crippen LogP contribution is 2.65. The summed E-state index contributed by atoms with van der Waals surface area (Å²) in [6.07, 6.45) is 0.912. The number of carbonyl (C=O) groups is 1. The number of fused-ring (bicyclic) bond motifs is 1. The van der Waals surface area contributed by atoms with Crippen LogP contribution in [0, 0.1) is 11.3 Å². The molecule has 2 N–H and O–H groups in total. The van der Waals surface area contributed by atoms with Crippen LogP contribution in [0.25, 0.3) is 0 Å². The van der Waals surface area contributed by atoms with Crippen LogP contribution in [0.2, 0.25) is 0 Å². The number of aliphatic hydroxyl groups excluding tert-OH is 1. The number of hydrogen-bond donors (Lipinski definition) is 2. The lowest BCUT2D eigenvalue weighted by atomic mass is 9.96. The number of carbonyl (C=O) groups excluding carboxylic acids is 1. The lowest BCUT2D eigenvalue weighted by Crippen LogP contribution is -2.33. The van der Waals surface area contributed by atoms with Gasteiger partial charge >= 0.3 is 0 Å². The molecule has 4 rings (SSSR count). The minimum Gasteiger partial charge on any atom is -0.493 e. The highest BCUT2D eigenvalue weighted by atomic mass is 16.5. The SMILES string of the molecule is CC1(C)[C@H](C(=O)N[C@@H](CO)c2ccccc2)[C@H]1c1cccc2c1CCO2. The lowest BCUT2D eigenvalue weighted by molar-refractivity contribution is -0.124. The van der Waals surface area contributed by atoms with Crippen LogP contribution >= 0.6 is 0 Å². The molecule has 1 aliphatic carbocycles. The van der Waals surface area contributed by atoms with E-state index in [1.165, 1.54) is 11.1 Å². The second-order valence-electron chi connectivity index (χ2n) is 7.85. The van der Waals surface area contributed by atoms with Crippen molar-refractivity contribution >= 4 is 5.91 Å². The van der Waals surface area contributed by atoms with Crippen LogP contribution in [0.5, 0.6) is 5.75 Å². The second-order valence-corrected chi connectivity index (χ2v) is 7.85. The Morgan fingerprint density at radius 1 is 1.23 bits per heavy atom. The number of rotatable bonds is 5. The van der Waals surface area contributed by atoms with Gasteiger partial charge in [0.15, 0.2) is 0 Å². The van der Waals surface area contributed by atoms with E-state index in [9.17, 15) is 9.90 Å². The smallest absolute Gasteiger partial charge is 0.224 e. The van der Waals surface area contributed by atoms with Gasteiger partial charge in [-0.3, -0.25) is 4.79 Å². The molecule has 136 valence electrons. The Morgan fingerprint density at radius 3 is 2.73 bits per heavy atom. The van der Waals surface area contributed by atoms with Gasteiger partial charge in [0.2, 0.25) is 5.91 Å². The molecular formula is C22H25NO3. The van der Waals surface area contributed by atoms with Crippen molar-refractivity contribution < 1.29 is 14.6 Å². The van der Waals surface area contributed by atoms with Crippen molar-refractivity contribution in [2.75, 3.05) is 13.2 Å². The number of hydrogen-bond acceptors (Lipinski definition) is 3. The topological polar surface area (TPSA) is 58.6 Å². The molecule has 0 unspecified atom stereocenters. The van der Waals surface area contributed by atoms with Gasteiger partial charge in [-0.2, -0.15) is 0 Å². The molecule has 1 fully saturated rings. The van der Waals surface area contributed by atoms with E-state index < -0.39 is 0 Å². The maximum Gasteiger partial charge on any atom is 0.224 e. The van der Waals surface area contributed by atoms with Crippen molar-refractivity contribution in [3.63, 3.8) is 0 Å². The molecular weight excluding hydrogens is 326 g/mol. The van der Waals surface area contributed by atoms with E-state index in [-0.39, 0.29) is 35.8 Å². The molecule has 0 aromatic heterocycles. The van der Waals surface area contributed by atoms with Gasteiger partial charge in [0.05, 0.1) is 25.2 Å². The fourth-order valence-electron chi connectivity index (χ4n) is 4.43. The van der Waals surface area contributed by atoms with Crippen LogP contribution in [-0.2, 0) is 11.2 Å². The summed E-state index contributed by atoms with van der Waals surface area (Å²) in [7, 11) is 0. The summed E-state index contributed by atoms with van der Waals surface area (Å²) in [5, 5.41) is 12.8. The van der Waals surface area contributed by atoms with Crippen LogP contribution in [0.4, 0.5) is 0 Å². The first-order valence-corrected chi connectivity index (χ1v) is 9.25. The molecule has 2 aromatic carbocycles. The quantitative estimate of drug-likeness (QED) is 0.870. The van der Waals surface area contributed by atoms with Gasteiger partial charge in [-0.25, -0.2) is 0 Å². The average Bonchev–Trinajstić information content (AvgIpc) is 2.99. The maximum absolute atomic E-state index is 13.0. The van der Waals surface area contributed by atoms with Gasteiger partial charge in [0, 0.05) is 17.9 Å². The number of benzene rings is 2. The molecule has 3 atom stereocenters. The van der Waals surface area contributed by atoms with E-state index in [2.05, 4.69) is 25.2 Å². The summed E-state index contributed by atoms with van der Waals surface area (Å²) < 4.78 is 5.69. The van der Waals surface area contributed by atoms with Gasteiger partial charge in [0.25, 0.3) is 0 Å². The van der Waals surface area contributed by atoms with Crippen molar-refractivity contribution in [2.24, 2.45) is 11.3 Å². The average molecular weight is 351 g/mol. The highest BCUT2D eigenvalue weighted by Gasteiger charge is 2.63. The molecule has 1 aliphatic heterocycles. The van der Waals surface area contributed by atoms with Gasteiger partial charge < -0.3 is 15.2 Å². The predicted octanol–water partition coefficient (Wildman–Crippen LogP) is 3.21. The van der Waals surface area contributed by atoms with E-state index in [1.54, 1.807) is 0 Å². The number of aliphatic hydroxyl groups is 1. The minimum absolute atomic E-state index is 0.0134. The fraction of sp³-hybridized carbons (Fsp3) is 0.409. The Bertz CT molecular complexity index is 815. The van der Waals surface area contributed by atoms with Crippen molar-refractivity contribution in [3.05, 3.63) is 65.2 Å². The molecule has 2 aromatic rings. The standard InChI is InChI=1S/C22H25NO3/c1-22(2)19(16-9-6-10-18-15(16)11-12-26-18)20(22)21(25)23-17(13-24)14-7-4-3-5-8-14/h3-10,17,19-20,24H,11-13H2,1-2H3,(H,23,25)/t17-,19+,20-/m0/s1. The lowest BCUT2D eigenvalue weighted by Gasteiger charge is -2.17. The summed E-state index contributed by atoms with van der Waals surface area (Å²) in [5.41, 5.74) is 3.32. The predicted molar refractivity (Wildman–Crippen MR) is 100 cm³/mol. The van der Waals surface area contributed by atoms with E-state index in [0.717, 1.165) is 24.3 Å². The Balaban J connectivity index is 1.55. The molecule has 1 saturated carbocycles. The fourth-order valence-corrected chi connectivity index (χ4v) is 4.43. The summed E-state index contributed by atoms with van der Waals surface area (Å²) in [6.45, 7) is 4.90. The third-order valence-electron chi connectivity index (χ3n) is 5.92. The van der Waals surface area contributed by atoms with Gasteiger partial charge in [-0.1, -0.05) is 56.3 Å². The Kier molecular flexibility index (Phi) is 4.23. The van der Waals surface area contributed by atoms with Crippen molar-refractivity contribution in [2.45, 2.75) is 32.2 Å². The zero-order valence-corrected chi connectivity index (χ0v) is 15.2. The normalized spacial score (nSPS) is 23.7. The molecule has 26 heavy (non-hydrogen) atoms. The first-order chi connectivity index (χ1) is 12.5. The molecule has 0 radical (unpaired) electrons. The van der Waals surface area contributed by atoms with Gasteiger partial charge in [-0.15, -0.1) is 0 Å². The first kappa shape index (κ1) is 17.1. The largest absolute Gasteiger partial charge is 0.493 e. The molecule has 1 heterocycles. The van der Waals surface area contributed by atoms with Crippen LogP contribution in [-0.4, -0.2) is 24.2 Å². The summed E-state index contributed by atoms with van der Waals surface area (Å²) >= 11 is 0. The molecule has 1 amide bonds. The van der Waals surface area contributed by atoms with Crippen LogP contribution < -0.4 is 10.1 Å². The molecule has 0 saturated heterocycles. The van der Waals surface area contributed by atoms with E-state index in [0.29, 0.717) is 0 Å². The maximum atomic E-state index is 13.0. The van der Waals surface area contributed by atoms with E-state index >= 15 is 0 Å². The monoisotopic (exact) mass is 351 g/mol.